The van der Waals surface area contributed by atoms with Crippen LogP contribution in [0.2, 0.25) is 5.02 Å². The zero-order chi connectivity index (χ0) is 13.1. The summed E-state index contributed by atoms with van der Waals surface area (Å²) in [5, 5.41) is 3.27. The van der Waals surface area contributed by atoms with Crippen LogP contribution in [0.4, 0.5) is 10.5 Å². The summed E-state index contributed by atoms with van der Waals surface area (Å²) in [4.78, 5) is 11.7. The Kier molecular flexibility index (Phi) is 4.09. The van der Waals surface area contributed by atoms with E-state index in [2.05, 4.69) is 5.32 Å². The second kappa shape index (κ2) is 5.59. The lowest BCUT2D eigenvalue weighted by molar-refractivity contribution is 0.105. The van der Waals surface area contributed by atoms with E-state index in [0.717, 1.165) is 24.8 Å². The molecular formula is C13H17ClN2O2. The number of carbonyl (C=O) groups excluding carboxylic acids is 1. The summed E-state index contributed by atoms with van der Waals surface area (Å²) in [5.74, 6) is 0. The number of hydrogen-bond donors (Lipinski definition) is 2. The molecule has 1 saturated carbocycles. The molecule has 2 atom stereocenters. The van der Waals surface area contributed by atoms with E-state index in [4.69, 9.17) is 22.1 Å². The van der Waals surface area contributed by atoms with Crippen LogP contribution in [0.3, 0.4) is 0 Å². The Hall–Kier alpha value is -1.26. The van der Waals surface area contributed by atoms with Gasteiger partial charge in [0.1, 0.15) is 6.10 Å². The predicted octanol–water partition coefficient (Wildman–Crippen LogP) is 3.08. The largest absolute Gasteiger partial charge is 0.444 e. The summed E-state index contributed by atoms with van der Waals surface area (Å²) in [6, 6.07) is 5.29. The van der Waals surface area contributed by atoms with Crippen LogP contribution in [0.25, 0.3) is 0 Å². The molecule has 0 bridgehead atoms. The van der Waals surface area contributed by atoms with Crippen LogP contribution in [0.15, 0.2) is 18.2 Å². The normalized spacial score (nSPS) is 22.8. The number of carbonyl (C=O) groups is 1. The molecule has 0 aliphatic heterocycles. The van der Waals surface area contributed by atoms with E-state index in [1.54, 1.807) is 12.1 Å². The highest BCUT2D eigenvalue weighted by atomic mass is 35.5. The Morgan fingerprint density at radius 3 is 2.89 bits per heavy atom. The molecule has 5 heteroatoms. The van der Waals surface area contributed by atoms with Crippen molar-refractivity contribution in [2.75, 3.05) is 5.32 Å². The minimum absolute atomic E-state index is 0.0441. The van der Waals surface area contributed by atoms with E-state index in [0.29, 0.717) is 10.7 Å². The number of hydrogen-bond acceptors (Lipinski definition) is 3. The number of halogens is 1. The summed E-state index contributed by atoms with van der Waals surface area (Å²) >= 11 is 5.98. The van der Waals surface area contributed by atoms with E-state index in [1.165, 1.54) is 0 Å². The molecule has 1 aromatic rings. The molecule has 0 radical (unpaired) electrons. The van der Waals surface area contributed by atoms with E-state index in [-0.39, 0.29) is 12.1 Å². The maximum atomic E-state index is 11.7. The van der Waals surface area contributed by atoms with Gasteiger partial charge in [0.15, 0.2) is 0 Å². The minimum atomic E-state index is -0.475. The van der Waals surface area contributed by atoms with Gasteiger partial charge in [-0.25, -0.2) is 4.79 Å². The molecule has 98 valence electrons. The van der Waals surface area contributed by atoms with Crippen LogP contribution in [0.5, 0.6) is 0 Å². The number of benzene rings is 1. The Balaban J connectivity index is 1.92. The van der Waals surface area contributed by atoms with E-state index >= 15 is 0 Å². The summed E-state index contributed by atoms with van der Waals surface area (Å²) < 4.78 is 5.28. The first-order chi connectivity index (χ1) is 8.56. The molecule has 0 heterocycles. The van der Waals surface area contributed by atoms with Gasteiger partial charge in [0.05, 0.1) is 0 Å². The fraction of sp³-hybridized carbons (Fsp3) is 0.462. The first-order valence-electron chi connectivity index (χ1n) is 6.05. The van der Waals surface area contributed by atoms with Gasteiger partial charge in [0.25, 0.3) is 0 Å². The van der Waals surface area contributed by atoms with Gasteiger partial charge >= 0.3 is 6.09 Å². The lowest BCUT2D eigenvalue weighted by Gasteiger charge is -2.16. The molecule has 1 aromatic carbocycles. The predicted molar refractivity (Wildman–Crippen MR) is 71.9 cm³/mol. The molecule has 1 fully saturated rings. The smallest absolute Gasteiger partial charge is 0.411 e. The summed E-state index contributed by atoms with van der Waals surface area (Å²) in [6.07, 6.45) is 2.11. The number of anilines is 1. The lowest BCUT2D eigenvalue weighted by atomic mass is 10.2. The second-order valence-electron chi connectivity index (χ2n) is 4.63. The molecule has 1 aliphatic rings. The van der Waals surface area contributed by atoms with E-state index in [1.807, 2.05) is 13.0 Å². The summed E-state index contributed by atoms with van der Waals surface area (Å²) in [6.45, 7) is 1.90. The number of amides is 1. The zero-order valence-electron chi connectivity index (χ0n) is 10.3. The highest BCUT2D eigenvalue weighted by molar-refractivity contribution is 6.31. The molecule has 1 amide bonds. The second-order valence-corrected chi connectivity index (χ2v) is 5.03. The van der Waals surface area contributed by atoms with Gasteiger partial charge in [-0.2, -0.15) is 0 Å². The Labute approximate surface area is 111 Å². The molecule has 2 unspecified atom stereocenters. The van der Waals surface area contributed by atoms with Crippen molar-refractivity contribution in [3.63, 3.8) is 0 Å². The fourth-order valence-corrected chi connectivity index (χ4v) is 2.24. The van der Waals surface area contributed by atoms with Crippen LogP contribution >= 0.6 is 11.6 Å². The highest BCUT2D eigenvalue weighted by Gasteiger charge is 2.27. The van der Waals surface area contributed by atoms with Gasteiger partial charge in [-0.05, 0) is 43.9 Å². The minimum Gasteiger partial charge on any atom is -0.444 e. The van der Waals surface area contributed by atoms with Crippen molar-refractivity contribution in [1.29, 1.82) is 0 Å². The van der Waals surface area contributed by atoms with Gasteiger partial charge in [-0.3, -0.25) is 5.32 Å². The van der Waals surface area contributed by atoms with Crippen LogP contribution in [0, 0.1) is 6.92 Å². The first kappa shape index (κ1) is 13.2. The summed E-state index contributed by atoms with van der Waals surface area (Å²) in [5.41, 5.74) is 7.43. The van der Waals surface area contributed by atoms with Gasteiger partial charge in [0, 0.05) is 16.8 Å². The Morgan fingerprint density at radius 2 is 2.28 bits per heavy atom. The maximum absolute atomic E-state index is 11.7. The standard InChI is InChI=1S/C13H17ClN2O2/c1-8-5-6-9(7-10(8)14)16-13(17)18-12-4-2-3-11(12)15/h5-7,11-12H,2-4,15H2,1H3,(H,16,17). The van der Waals surface area contributed by atoms with Crippen LogP contribution in [-0.2, 0) is 4.74 Å². The zero-order valence-corrected chi connectivity index (χ0v) is 11.0. The molecule has 3 N–H and O–H groups in total. The monoisotopic (exact) mass is 268 g/mol. The molecule has 2 rings (SSSR count). The molecule has 0 saturated heterocycles. The average molecular weight is 269 g/mol. The summed E-state index contributed by atoms with van der Waals surface area (Å²) in [7, 11) is 0. The van der Waals surface area contributed by atoms with Crippen molar-refractivity contribution < 1.29 is 9.53 Å². The van der Waals surface area contributed by atoms with Crippen LogP contribution < -0.4 is 11.1 Å². The lowest BCUT2D eigenvalue weighted by Crippen LogP contribution is -2.34. The quantitative estimate of drug-likeness (QED) is 0.866. The third kappa shape index (κ3) is 3.15. The number of nitrogens with one attached hydrogen (secondary N) is 1. The Morgan fingerprint density at radius 1 is 1.50 bits per heavy atom. The van der Waals surface area contributed by atoms with Crippen LogP contribution in [-0.4, -0.2) is 18.2 Å². The first-order valence-corrected chi connectivity index (χ1v) is 6.43. The van der Waals surface area contributed by atoms with E-state index < -0.39 is 6.09 Å². The molecule has 1 aliphatic carbocycles. The van der Waals surface area contributed by atoms with Crippen molar-refractivity contribution in [3.8, 4) is 0 Å². The van der Waals surface area contributed by atoms with Crippen molar-refractivity contribution in [3.05, 3.63) is 28.8 Å². The van der Waals surface area contributed by atoms with Crippen molar-refractivity contribution in [2.45, 2.75) is 38.3 Å². The number of aryl methyl sites for hydroxylation is 1. The number of nitrogens with two attached hydrogens (primary N) is 1. The Bertz CT molecular complexity index is 451. The topological polar surface area (TPSA) is 64.3 Å². The van der Waals surface area contributed by atoms with Crippen LogP contribution in [0.1, 0.15) is 24.8 Å². The molecule has 0 spiro atoms. The van der Waals surface area contributed by atoms with Gasteiger partial charge in [-0.1, -0.05) is 17.7 Å². The van der Waals surface area contributed by atoms with Gasteiger partial charge < -0.3 is 10.5 Å². The van der Waals surface area contributed by atoms with Crippen molar-refractivity contribution in [2.24, 2.45) is 5.73 Å². The van der Waals surface area contributed by atoms with Crippen molar-refractivity contribution >= 4 is 23.4 Å². The van der Waals surface area contributed by atoms with Crippen molar-refractivity contribution in [1.82, 2.24) is 0 Å². The number of ether oxygens (including phenoxy) is 1. The number of rotatable bonds is 2. The SMILES string of the molecule is Cc1ccc(NC(=O)OC2CCCC2N)cc1Cl. The third-order valence-electron chi connectivity index (χ3n) is 3.18. The molecule has 0 aromatic heterocycles. The highest BCUT2D eigenvalue weighted by Crippen LogP contribution is 2.22. The molecule has 4 nitrogen and oxygen atoms in total. The fourth-order valence-electron chi connectivity index (χ4n) is 2.06. The average Bonchev–Trinajstić information content (AvgIpc) is 2.70. The third-order valence-corrected chi connectivity index (χ3v) is 3.59. The van der Waals surface area contributed by atoms with Gasteiger partial charge in [-0.15, -0.1) is 0 Å². The molecule has 18 heavy (non-hydrogen) atoms. The van der Waals surface area contributed by atoms with Gasteiger partial charge in [0.2, 0.25) is 0 Å². The maximum Gasteiger partial charge on any atom is 0.411 e. The van der Waals surface area contributed by atoms with E-state index in [9.17, 15) is 4.79 Å². The molecular weight excluding hydrogens is 252 g/mol.